The van der Waals surface area contributed by atoms with Crippen molar-refractivity contribution < 1.29 is 22.8 Å². The van der Waals surface area contributed by atoms with Crippen LogP contribution in [0.15, 0.2) is 36.4 Å². The van der Waals surface area contributed by atoms with Gasteiger partial charge in [0.1, 0.15) is 0 Å². The number of nitrogens with two attached hydrogens (primary N) is 1. The number of nitrogens with zero attached hydrogens (tertiary/aromatic N) is 1. The topological polar surface area (TPSA) is 63.4 Å². The number of rotatable bonds is 1. The van der Waals surface area contributed by atoms with Crippen molar-refractivity contribution in [3.63, 3.8) is 0 Å². The van der Waals surface area contributed by atoms with Gasteiger partial charge < -0.3 is 5.73 Å². The Kier molecular flexibility index (Phi) is 3.33. The van der Waals surface area contributed by atoms with E-state index in [1.165, 1.54) is 18.2 Å². The number of hydrogen-bond acceptors (Lipinski definition) is 3. The zero-order valence-electron chi connectivity index (χ0n) is 11.3. The molecule has 2 aromatic carbocycles. The second-order valence-corrected chi connectivity index (χ2v) is 5.29. The van der Waals surface area contributed by atoms with Crippen molar-refractivity contribution >= 4 is 34.8 Å². The molecule has 2 aromatic rings. The molecule has 1 heterocycles. The Bertz CT molecular complexity index is 808. The lowest BCUT2D eigenvalue weighted by molar-refractivity contribution is -0.137. The van der Waals surface area contributed by atoms with Crippen LogP contribution in [0.5, 0.6) is 0 Å². The number of carbonyl (C=O) groups is 2. The molecule has 4 nitrogen and oxygen atoms in total. The molecule has 0 unspecified atom stereocenters. The number of imide groups is 1. The average molecular weight is 341 g/mol. The van der Waals surface area contributed by atoms with Crippen LogP contribution in [0.25, 0.3) is 0 Å². The molecule has 1 aliphatic rings. The van der Waals surface area contributed by atoms with Crippen molar-refractivity contribution in [3.8, 4) is 0 Å². The van der Waals surface area contributed by atoms with Crippen LogP contribution in [0.2, 0.25) is 5.02 Å². The fourth-order valence-electron chi connectivity index (χ4n) is 2.40. The summed E-state index contributed by atoms with van der Waals surface area (Å²) in [6.07, 6.45) is -4.59. The second-order valence-electron chi connectivity index (χ2n) is 4.88. The number of amides is 2. The van der Waals surface area contributed by atoms with Gasteiger partial charge in [-0.05, 0) is 30.3 Å². The summed E-state index contributed by atoms with van der Waals surface area (Å²) in [7, 11) is 0. The van der Waals surface area contributed by atoms with Crippen LogP contribution in [0.1, 0.15) is 26.3 Å². The van der Waals surface area contributed by atoms with Crippen LogP contribution in [0.4, 0.5) is 24.5 Å². The van der Waals surface area contributed by atoms with Gasteiger partial charge in [-0.3, -0.25) is 9.59 Å². The van der Waals surface area contributed by atoms with Crippen LogP contribution >= 0.6 is 11.6 Å². The highest BCUT2D eigenvalue weighted by atomic mass is 35.5. The third kappa shape index (κ3) is 2.33. The third-order valence-corrected chi connectivity index (χ3v) is 3.77. The van der Waals surface area contributed by atoms with Gasteiger partial charge in [0.2, 0.25) is 0 Å². The molecule has 1 aliphatic heterocycles. The standard InChI is InChI=1S/C15H8ClF3N2O2/c16-9-4-5-10(20)12-11(9)13(22)21(14(12)23)8-3-1-2-7(6-8)15(17,18)19/h1-6H,20H2. The predicted octanol–water partition coefficient (Wildman–Crippen LogP) is 3.74. The van der Waals surface area contributed by atoms with Crippen molar-refractivity contribution in [2.45, 2.75) is 6.18 Å². The summed E-state index contributed by atoms with van der Waals surface area (Å²) in [5.41, 5.74) is 4.37. The molecule has 0 aromatic heterocycles. The first kappa shape index (κ1) is 15.4. The van der Waals surface area contributed by atoms with Crippen LogP contribution in [-0.4, -0.2) is 11.8 Å². The van der Waals surface area contributed by atoms with Crippen LogP contribution in [-0.2, 0) is 6.18 Å². The Morgan fingerprint density at radius 2 is 1.65 bits per heavy atom. The van der Waals surface area contributed by atoms with Gasteiger partial charge in [-0.25, -0.2) is 4.90 Å². The van der Waals surface area contributed by atoms with Gasteiger partial charge in [-0.1, -0.05) is 17.7 Å². The van der Waals surface area contributed by atoms with E-state index in [0.29, 0.717) is 4.90 Å². The van der Waals surface area contributed by atoms with Gasteiger partial charge in [0.25, 0.3) is 11.8 Å². The summed E-state index contributed by atoms with van der Waals surface area (Å²) in [6.45, 7) is 0. The summed E-state index contributed by atoms with van der Waals surface area (Å²) >= 11 is 5.92. The SMILES string of the molecule is Nc1ccc(Cl)c2c1C(=O)N(c1cccc(C(F)(F)F)c1)C2=O. The minimum atomic E-state index is -4.59. The second kappa shape index (κ2) is 4.99. The van der Waals surface area contributed by atoms with Gasteiger partial charge in [-0.15, -0.1) is 0 Å². The summed E-state index contributed by atoms with van der Waals surface area (Å²) in [6, 6.07) is 6.65. The zero-order valence-corrected chi connectivity index (χ0v) is 12.1. The molecule has 0 fully saturated rings. The van der Waals surface area contributed by atoms with E-state index in [1.807, 2.05) is 0 Å². The smallest absolute Gasteiger partial charge is 0.398 e. The fraction of sp³-hybridized carbons (Fsp3) is 0.0667. The van der Waals surface area contributed by atoms with Gasteiger partial charge in [0.05, 0.1) is 27.4 Å². The van der Waals surface area contributed by atoms with Crippen molar-refractivity contribution in [3.05, 3.63) is 58.1 Å². The molecule has 0 atom stereocenters. The largest absolute Gasteiger partial charge is 0.416 e. The summed E-state index contributed by atoms with van der Waals surface area (Å²) in [5, 5.41) is 0.0158. The van der Waals surface area contributed by atoms with Crippen molar-refractivity contribution in [1.82, 2.24) is 0 Å². The number of halogens is 4. The summed E-state index contributed by atoms with van der Waals surface area (Å²) in [4.78, 5) is 25.5. The summed E-state index contributed by atoms with van der Waals surface area (Å²) < 4.78 is 38.4. The molecular weight excluding hydrogens is 333 g/mol. The van der Waals surface area contributed by atoms with Crippen LogP contribution < -0.4 is 10.6 Å². The molecule has 23 heavy (non-hydrogen) atoms. The molecule has 3 rings (SSSR count). The molecule has 0 bridgehead atoms. The maximum Gasteiger partial charge on any atom is 0.416 e. The highest BCUT2D eigenvalue weighted by Gasteiger charge is 2.41. The van der Waals surface area contributed by atoms with E-state index in [0.717, 1.165) is 18.2 Å². The van der Waals surface area contributed by atoms with Gasteiger partial charge in [0.15, 0.2) is 0 Å². The Morgan fingerprint density at radius 3 is 2.26 bits per heavy atom. The third-order valence-electron chi connectivity index (χ3n) is 3.45. The van der Waals surface area contributed by atoms with E-state index in [1.54, 1.807) is 0 Å². The monoisotopic (exact) mass is 340 g/mol. The number of nitrogen functional groups attached to an aromatic ring is 1. The molecule has 8 heteroatoms. The minimum absolute atomic E-state index is 0.0158. The molecule has 118 valence electrons. The van der Waals surface area contributed by atoms with E-state index in [2.05, 4.69) is 0 Å². The lowest BCUT2D eigenvalue weighted by Crippen LogP contribution is -2.29. The minimum Gasteiger partial charge on any atom is -0.398 e. The van der Waals surface area contributed by atoms with Crippen LogP contribution in [0.3, 0.4) is 0 Å². The first-order valence-corrected chi connectivity index (χ1v) is 6.73. The Hall–Kier alpha value is -2.54. The van der Waals surface area contributed by atoms with Gasteiger partial charge in [0, 0.05) is 5.69 Å². The molecule has 0 spiro atoms. The van der Waals surface area contributed by atoms with E-state index < -0.39 is 23.6 Å². The lowest BCUT2D eigenvalue weighted by Gasteiger charge is -2.16. The van der Waals surface area contributed by atoms with E-state index >= 15 is 0 Å². The Morgan fingerprint density at radius 1 is 1.00 bits per heavy atom. The van der Waals surface area contributed by atoms with Gasteiger partial charge in [-0.2, -0.15) is 13.2 Å². The maximum absolute atomic E-state index is 12.8. The number of hydrogen-bond donors (Lipinski definition) is 1. The first-order valence-electron chi connectivity index (χ1n) is 6.36. The number of carbonyl (C=O) groups excluding carboxylic acids is 2. The van der Waals surface area contributed by atoms with Crippen molar-refractivity contribution in [2.24, 2.45) is 0 Å². The highest BCUT2D eigenvalue weighted by molar-refractivity contribution is 6.43. The number of fused-ring (bicyclic) bond motifs is 1. The molecule has 0 saturated heterocycles. The molecule has 0 saturated carbocycles. The maximum atomic E-state index is 12.8. The first-order chi connectivity index (χ1) is 10.7. The lowest BCUT2D eigenvalue weighted by atomic mass is 10.1. The quantitative estimate of drug-likeness (QED) is 0.635. The Labute approximate surface area is 133 Å². The molecule has 2 amide bonds. The van der Waals surface area contributed by atoms with E-state index in [9.17, 15) is 22.8 Å². The number of anilines is 2. The summed E-state index contributed by atoms with van der Waals surface area (Å²) in [5.74, 6) is -1.61. The van der Waals surface area contributed by atoms with Crippen molar-refractivity contribution in [2.75, 3.05) is 10.6 Å². The van der Waals surface area contributed by atoms with Crippen molar-refractivity contribution in [1.29, 1.82) is 0 Å². The molecule has 0 radical (unpaired) electrons. The normalized spacial score (nSPS) is 14.3. The van der Waals surface area contributed by atoms with E-state index in [4.69, 9.17) is 17.3 Å². The molecular formula is C15H8ClF3N2O2. The van der Waals surface area contributed by atoms with Crippen LogP contribution in [0, 0.1) is 0 Å². The molecule has 0 aliphatic carbocycles. The molecule has 2 N–H and O–H groups in total. The predicted molar refractivity (Wildman–Crippen MR) is 78.4 cm³/mol. The van der Waals surface area contributed by atoms with E-state index in [-0.39, 0.29) is 27.5 Å². The Balaban J connectivity index is 2.14. The number of benzene rings is 2. The van der Waals surface area contributed by atoms with Gasteiger partial charge >= 0.3 is 6.18 Å². The fourth-order valence-corrected chi connectivity index (χ4v) is 2.64. The average Bonchev–Trinajstić information content (AvgIpc) is 2.75. The highest BCUT2D eigenvalue weighted by Crippen LogP contribution is 2.37. The zero-order chi connectivity index (χ0) is 16.9. The number of alkyl halides is 3.